The Kier molecular flexibility index (Phi) is 10.6. The zero-order valence-electron chi connectivity index (χ0n) is 21.8. The minimum atomic E-state index is -4.90. The summed E-state index contributed by atoms with van der Waals surface area (Å²) in [6, 6.07) is 12.9. The lowest BCUT2D eigenvalue weighted by Gasteiger charge is -2.32. The number of nitrogens with one attached hydrogen (secondary N) is 1. The first kappa shape index (κ1) is 32.5. The summed E-state index contributed by atoms with van der Waals surface area (Å²) in [4.78, 5) is 27.4. The van der Waals surface area contributed by atoms with Crippen molar-refractivity contribution in [2.45, 2.75) is 37.5 Å². The maximum absolute atomic E-state index is 13.8. The SMILES string of the molecule is CCNC(=O)[C@H](C)N(Cc1c(Cl)cccc1Cl)C(=O)CN(c1ccc(Cl)c(C(F)(F)F)c1)S(=O)(=O)c1ccccc1. The molecule has 41 heavy (non-hydrogen) atoms. The van der Waals surface area contributed by atoms with E-state index >= 15 is 0 Å². The van der Waals surface area contributed by atoms with Gasteiger partial charge in [-0.15, -0.1) is 0 Å². The van der Waals surface area contributed by atoms with Crippen molar-refractivity contribution >= 4 is 62.3 Å². The molecule has 1 atom stereocenters. The lowest BCUT2D eigenvalue weighted by molar-refractivity contribution is -0.139. The van der Waals surface area contributed by atoms with Gasteiger partial charge in [0.05, 0.1) is 21.2 Å². The van der Waals surface area contributed by atoms with E-state index in [2.05, 4.69) is 5.32 Å². The summed E-state index contributed by atoms with van der Waals surface area (Å²) in [6.07, 6.45) is -4.90. The number of benzene rings is 3. The van der Waals surface area contributed by atoms with Crippen LogP contribution in [-0.4, -0.2) is 44.3 Å². The molecule has 220 valence electrons. The lowest BCUT2D eigenvalue weighted by Crippen LogP contribution is -2.51. The third-order valence-electron chi connectivity index (χ3n) is 6.06. The first-order valence-corrected chi connectivity index (χ1v) is 14.7. The largest absolute Gasteiger partial charge is 0.417 e. The highest BCUT2D eigenvalue weighted by Crippen LogP contribution is 2.38. The van der Waals surface area contributed by atoms with E-state index in [4.69, 9.17) is 34.8 Å². The minimum Gasteiger partial charge on any atom is -0.355 e. The van der Waals surface area contributed by atoms with Gasteiger partial charge in [-0.2, -0.15) is 13.2 Å². The third kappa shape index (κ3) is 7.65. The van der Waals surface area contributed by atoms with Gasteiger partial charge in [-0.05, 0) is 56.3 Å². The molecule has 3 aromatic carbocycles. The van der Waals surface area contributed by atoms with Crippen molar-refractivity contribution in [2.75, 3.05) is 17.4 Å². The average molecular weight is 651 g/mol. The van der Waals surface area contributed by atoms with Crippen molar-refractivity contribution < 1.29 is 31.2 Å². The van der Waals surface area contributed by atoms with Gasteiger partial charge >= 0.3 is 6.18 Å². The zero-order chi connectivity index (χ0) is 30.5. The van der Waals surface area contributed by atoms with Crippen LogP contribution in [0.25, 0.3) is 0 Å². The van der Waals surface area contributed by atoms with Crippen molar-refractivity contribution in [1.29, 1.82) is 0 Å². The van der Waals surface area contributed by atoms with Gasteiger partial charge in [-0.3, -0.25) is 13.9 Å². The Hall–Kier alpha value is -2.99. The van der Waals surface area contributed by atoms with E-state index in [9.17, 15) is 31.2 Å². The van der Waals surface area contributed by atoms with Gasteiger partial charge < -0.3 is 10.2 Å². The van der Waals surface area contributed by atoms with E-state index in [0.29, 0.717) is 15.9 Å². The van der Waals surface area contributed by atoms with Crippen LogP contribution in [0.5, 0.6) is 0 Å². The van der Waals surface area contributed by atoms with Gasteiger partial charge in [0.15, 0.2) is 0 Å². The molecule has 0 fully saturated rings. The number of likely N-dealkylation sites (N-methyl/N-ethyl adjacent to an activating group) is 1. The molecule has 14 heteroatoms. The molecule has 0 spiro atoms. The van der Waals surface area contributed by atoms with Gasteiger partial charge in [-0.25, -0.2) is 8.42 Å². The second-order valence-electron chi connectivity index (χ2n) is 8.78. The number of halogens is 6. The molecule has 3 aromatic rings. The zero-order valence-corrected chi connectivity index (χ0v) is 24.8. The van der Waals surface area contributed by atoms with Crippen LogP contribution in [0.1, 0.15) is 25.0 Å². The van der Waals surface area contributed by atoms with Crippen LogP contribution in [0.3, 0.4) is 0 Å². The number of hydrogen-bond acceptors (Lipinski definition) is 4. The van der Waals surface area contributed by atoms with Crippen LogP contribution >= 0.6 is 34.8 Å². The fourth-order valence-corrected chi connectivity index (χ4v) is 6.06. The molecule has 0 aromatic heterocycles. The average Bonchev–Trinajstić information content (AvgIpc) is 2.91. The number of anilines is 1. The third-order valence-corrected chi connectivity index (χ3v) is 8.89. The number of alkyl halides is 3. The molecule has 0 saturated carbocycles. The van der Waals surface area contributed by atoms with E-state index in [1.807, 2.05) is 0 Å². The highest BCUT2D eigenvalue weighted by Gasteiger charge is 2.37. The topological polar surface area (TPSA) is 86.8 Å². The van der Waals surface area contributed by atoms with E-state index in [-0.39, 0.29) is 28.0 Å². The Bertz CT molecular complexity index is 1500. The van der Waals surface area contributed by atoms with Crippen LogP contribution in [0, 0.1) is 0 Å². The van der Waals surface area contributed by atoms with Gasteiger partial charge in [0, 0.05) is 28.7 Å². The molecule has 1 N–H and O–H groups in total. The van der Waals surface area contributed by atoms with E-state index < -0.39 is 56.9 Å². The van der Waals surface area contributed by atoms with Crippen molar-refractivity contribution in [3.63, 3.8) is 0 Å². The summed E-state index contributed by atoms with van der Waals surface area (Å²) in [5, 5.41) is 2.34. The molecular formula is C27H25Cl3F3N3O4S. The highest BCUT2D eigenvalue weighted by atomic mass is 35.5. The molecule has 0 bridgehead atoms. The van der Waals surface area contributed by atoms with Crippen molar-refractivity contribution in [3.05, 3.63) is 92.9 Å². The van der Waals surface area contributed by atoms with Crippen LogP contribution < -0.4 is 9.62 Å². The number of amides is 2. The number of hydrogen-bond donors (Lipinski definition) is 1. The smallest absolute Gasteiger partial charge is 0.355 e. The number of carbonyl (C=O) groups excluding carboxylic acids is 2. The van der Waals surface area contributed by atoms with E-state index in [0.717, 1.165) is 17.0 Å². The van der Waals surface area contributed by atoms with Gasteiger partial charge in [0.25, 0.3) is 10.0 Å². The summed E-state index contributed by atoms with van der Waals surface area (Å²) in [7, 11) is -4.58. The summed E-state index contributed by atoms with van der Waals surface area (Å²) < 4.78 is 69.1. The number of sulfonamides is 1. The Labute approximate surface area is 250 Å². The predicted molar refractivity (Wildman–Crippen MR) is 153 cm³/mol. The Balaban J connectivity index is 2.14. The number of nitrogens with zero attached hydrogens (tertiary/aromatic N) is 2. The Morgan fingerprint density at radius 1 is 0.927 bits per heavy atom. The summed E-state index contributed by atoms with van der Waals surface area (Å²) in [5.41, 5.74) is -1.45. The quantitative estimate of drug-likeness (QED) is 0.275. The van der Waals surface area contributed by atoms with Gasteiger partial charge in [0.1, 0.15) is 12.6 Å². The fourth-order valence-electron chi connectivity index (χ4n) is 3.89. The molecule has 0 unspecified atom stereocenters. The first-order chi connectivity index (χ1) is 19.2. The Morgan fingerprint density at radius 3 is 2.10 bits per heavy atom. The molecule has 0 heterocycles. The second-order valence-corrected chi connectivity index (χ2v) is 11.9. The highest BCUT2D eigenvalue weighted by molar-refractivity contribution is 7.92. The molecule has 0 aliphatic carbocycles. The second kappa shape index (κ2) is 13.3. The minimum absolute atomic E-state index is 0.194. The maximum Gasteiger partial charge on any atom is 0.417 e. The summed E-state index contributed by atoms with van der Waals surface area (Å²) in [5.74, 6) is -1.45. The molecule has 7 nitrogen and oxygen atoms in total. The fraction of sp³-hybridized carbons (Fsp3) is 0.259. The van der Waals surface area contributed by atoms with E-state index in [1.54, 1.807) is 19.1 Å². The van der Waals surface area contributed by atoms with Crippen LogP contribution in [0.2, 0.25) is 15.1 Å². The maximum atomic E-state index is 13.8. The van der Waals surface area contributed by atoms with Crippen LogP contribution in [0.15, 0.2) is 71.6 Å². The standard InChI is InChI=1S/C27H25Cl3F3N3O4S/c1-3-34-26(38)17(2)35(15-20-22(28)10-7-11-23(20)29)25(37)16-36(41(39,40)19-8-5-4-6-9-19)18-12-13-24(30)21(14-18)27(31,32)33/h4-14,17H,3,15-16H2,1-2H3,(H,34,38)/t17-/m0/s1. The molecule has 3 rings (SSSR count). The summed E-state index contributed by atoms with van der Waals surface area (Å²) in [6.45, 7) is 2.10. The summed E-state index contributed by atoms with van der Waals surface area (Å²) >= 11 is 18.4. The Morgan fingerprint density at radius 2 is 1.54 bits per heavy atom. The molecule has 0 aliphatic rings. The van der Waals surface area contributed by atoms with Crippen molar-refractivity contribution in [3.8, 4) is 0 Å². The van der Waals surface area contributed by atoms with Gasteiger partial charge in [-0.1, -0.05) is 59.1 Å². The number of carbonyl (C=O) groups is 2. The monoisotopic (exact) mass is 649 g/mol. The molecule has 2 amide bonds. The van der Waals surface area contributed by atoms with Crippen molar-refractivity contribution in [1.82, 2.24) is 10.2 Å². The molecule has 0 radical (unpaired) electrons. The van der Waals surface area contributed by atoms with Gasteiger partial charge in [0.2, 0.25) is 11.8 Å². The lowest BCUT2D eigenvalue weighted by atomic mass is 10.1. The van der Waals surface area contributed by atoms with E-state index in [1.165, 1.54) is 43.3 Å². The molecule has 0 aliphatic heterocycles. The predicted octanol–water partition coefficient (Wildman–Crippen LogP) is 6.41. The first-order valence-electron chi connectivity index (χ1n) is 12.1. The van der Waals surface area contributed by atoms with Crippen LogP contribution in [0.4, 0.5) is 18.9 Å². The van der Waals surface area contributed by atoms with Crippen LogP contribution in [-0.2, 0) is 32.3 Å². The molecular weight excluding hydrogens is 626 g/mol. The molecule has 0 saturated heterocycles. The van der Waals surface area contributed by atoms with Crippen molar-refractivity contribution in [2.24, 2.45) is 0 Å². The normalized spacial score (nSPS) is 12.5. The number of rotatable bonds is 10.